The van der Waals surface area contributed by atoms with Crippen molar-refractivity contribution in [1.82, 2.24) is 14.8 Å². The van der Waals surface area contributed by atoms with Crippen molar-refractivity contribution < 1.29 is 8.42 Å². The van der Waals surface area contributed by atoms with Gasteiger partial charge in [0.05, 0.1) is 16.3 Å². The van der Waals surface area contributed by atoms with Gasteiger partial charge in [0.25, 0.3) is 10.0 Å². The molecule has 6 nitrogen and oxygen atoms in total. The molecule has 3 rings (SSSR count). The third kappa shape index (κ3) is 4.06. The predicted octanol–water partition coefficient (Wildman–Crippen LogP) is 3.27. The number of nitrogens with one attached hydrogen (secondary N) is 1. The Hall–Kier alpha value is -2.67. The average Bonchev–Trinajstić information content (AvgIpc) is 3.09. The summed E-state index contributed by atoms with van der Waals surface area (Å²) in [7, 11) is -3.68. The van der Waals surface area contributed by atoms with Crippen LogP contribution in [0.25, 0.3) is 5.69 Å². The van der Waals surface area contributed by atoms with E-state index in [1.54, 1.807) is 30.3 Å². The van der Waals surface area contributed by atoms with Gasteiger partial charge in [0.2, 0.25) is 0 Å². The smallest absolute Gasteiger partial charge is 0.261 e. The Morgan fingerprint density at radius 3 is 2.44 bits per heavy atom. The lowest BCUT2D eigenvalue weighted by Crippen LogP contribution is -2.15. The second-order valence-electron chi connectivity index (χ2n) is 6.20. The highest BCUT2D eigenvalue weighted by Crippen LogP contribution is 2.23. The number of rotatable bonds is 6. The monoisotopic (exact) mass is 356 g/mol. The van der Waals surface area contributed by atoms with Gasteiger partial charge in [-0.3, -0.25) is 4.72 Å². The molecule has 0 unspecified atom stereocenters. The second-order valence-corrected chi connectivity index (χ2v) is 7.89. The molecule has 0 saturated carbocycles. The van der Waals surface area contributed by atoms with Gasteiger partial charge >= 0.3 is 0 Å². The Bertz CT molecular complexity index is 933. The minimum absolute atomic E-state index is 0.230. The third-order valence-corrected chi connectivity index (χ3v) is 5.07. The topological polar surface area (TPSA) is 76.9 Å². The molecular weight excluding hydrogens is 336 g/mol. The van der Waals surface area contributed by atoms with Gasteiger partial charge in [-0.2, -0.15) is 5.10 Å². The standard InChI is InChI=1S/C18H20N4O2S/c1-14(2)11-15-7-9-16(10-8-15)25(23,24)21-17-5-3-4-6-18(17)22-13-19-12-20-22/h3-10,12-14,21H,11H2,1-2H3. The van der Waals surface area contributed by atoms with E-state index in [2.05, 4.69) is 28.7 Å². The lowest BCUT2D eigenvalue weighted by Gasteiger charge is -2.13. The molecule has 7 heteroatoms. The second kappa shape index (κ2) is 7.06. The van der Waals surface area contributed by atoms with Crippen LogP contribution in [0, 0.1) is 5.92 Å². The highest BCUT2D eigenvalue weighted by molar-refractivity contribution is 7.92. The number of hydrogen-bond donors (Lipinski definition) is 1. The maximum atomic E-state index is 12.7. The SMILES string of the molecule is CC(C)Cc1ccc(S(=O)(=O)Nc2ccccc2-n2cncn2)cc1. The Morgan fingerprint density at radius 1 is 1.08 bits per heavy atom. The van der Waals surface area contributed by atoms with E-state index in [9.17, 15) is 8.42 Å². The van der Waals surface area contributed by atoms with Crippen LogP contribution in [0.2, 0.25) is 0 Å². The molecule has 0 aliphatic rings. The first-order valence-electron chi connectivity index (χ1n) is 8.01. The van der Waals surface area contributed by atoms with Crippen LogP contribution in [0.3, 0.4) is 0 Å². The van der Waals surface area contributed by atoms with Gasteiger partial charge in [0.1, 0.15) is 12.7 Å². The minimum Gasteiger partial charge on any atom is -0.277 e. The van der Waals surface area contributed by atoms with Gasteiger partial charge in [-0.15, -0.1) is 0 Å². The Labute approximate surface area is 147 Å². The molecule has 130 valence electrons. The van der Waals surface area contributed by atoms with Crippen LogP contribution in [0.1, 0.15) is 19.4 Å². The van der Waals surface area contributed by atoms with Crippen LogP contribution in [0.5, 0.6) is 0 Å². The van der Waals surface area contributed by atoms with Crippen molar-refractivity contribution in [2.75, 3.05) is 4.72 Å². The van der Waals surface area contributed by atoms with Crippen LogP contribution >= 0.6 is 0 Å². The lowest BCUT2D eigenvalue weighted by atomic mass is 10.0. The number of benzene rings is 2. The highest BCUT2D eigenvalue weighted by Gasteiger charge is 2.16. The fourth-order valence-corrected chi connectivity index (χ4v) is 3.65. The zero-order valence-corrected chi connectivity index (χ0v) is 14.9. The molecule has 0 bridgehead atoms. The number of hydrogen-bond acceptors (Lipinski definition) is 4. The van der Waals surface area contributed by atoms with Crippen molar-refractivity contribution in [3.63, 3.8) is 0 Å². The van der Waals surface area contributed by atoms with E-state index in [1.165, 1.54) is 17.3 Å². The molecule has 0 fully saturated rings. The minimum atomic E-state index is -3.68. The molecule has 0 spiro atoms. The molecule has 3 aromatic rings. The summed E-state index contributed by atoms with van der Waals surface area (Å²) in [5.41, 5.74) is 2.18. The van der Waals surface area contributed by atoms with Crippen LogP contribution in [0.15, 0.2) is 66.1 Å². The molecule has 1 heterocycles. The maximum absolute atomic E-state index is 12.7. The summed E-state index contributed by atoms with van der Waals surface area (Å²) in [6.45, 7) is 4.26. The molecule has 0 radical (unpaired) electrons. The normalized spacial score (nSPS) is 11.6. The molecule has 0 amide bonds. The van der Waals surface area contributed by atoms with Crippen LogP contribution in [-0.4, -0.2) is 23.2 Å². The molecule has 0 aliphatic heterocycles. The molecule has 0 saturated heterocycles. The van der Waals surface area contributed by atoms with Crippen molar-refractivity contribution in [3.8, 4) is 5.69 Å². The van der Waals surface area contributed by atoms with E-state index < -0.39 is 10.0 Å². The van der Waals surface area contributed by atoms with E-state index >= 15 is 0 Å². The molecular formula is C18H20N4O2S. The number of para-hydroxylation sites is 2. The van der Waals surface area contributed by atoms with E-state index in [4.69, 9.17) is 0 Å². The van der Waals surface area contributed by atoms with E-state index in [1.807, 2.05) is 18.2 Å². The highest BCUT2D eigenvalue weighted by atomic mass is 32.2. The summed E-state index contributed by atoms with van der Waals surface area (Å²) in [5.74, 6) is 0.523. The summed E-state index contributed by atoms with van der Waals surface area (Å²) in [6, 6.07) is 14.0. The van der Waals surface area contributed by atoms with Gasteiger partial charge in [-0.25, -0.2) is 18.1 Å². The van der Waals surface area contributed by atoms with Gasteiger partial charge in [-0.05, 0) is 42.2 Å². The first-order valence-corrected chi connectivity index (χ1v) is 9.50. The fraction of sp³-hybridized carbons (Fsp3) is 0.222. The molecule has 1 aromatic heterocycles. The summed E-state index contributed by atoms with van der Waals surface area (Å²) in [6.07, 6.45) is 3.84. The molecule has 2 aromatic carbocycles. The van der Waals surface area contributed by atoms with E-state index in [-0.39, 0.29) is 4.90 Å². The van der Waals surface area contributed by atoms with Crippen molar-refractivity contribution in [3.05, 3.63) is 66.7 Å². The number of nitrogens with zero attached hydrogens (tertiary/aromatic N) is 3. The zero-order valence-electron chi connectivity index (χ0n) is 14.1. The lowest BCUT2D eigenvalue weighted by molar-refractivity contribution is 0.601. The average molecular weight is 356 g/mol. The third-order valence-electron chi connectivity index (χ3n) is 3.69. The molecule has 25 heavy (non-hydrogen) atoms. The van der Waals surface area contributed by atoms with Crippen LogP contribution in [0.4, 0.5) is 5.69 Å². The molecule has 0 aliphatic carbocycles. The Kier molecular flexibility index (Phi) is 4.85. The van der Waals surface area contributed by atoms with Crippen molar-refractivity contribution in [1.29, 1.82) is 0 Å². The van der Waals surface area contributed by atoms with Crippen molar-refractivity contribution in [2.24, 2.45) is 5.92 Å². The molecule has 0 atom stereocenters. The van der Waals surface area contributed by atoms with Gasteiger partial charge in [0, 0.05) is 0 Å². The Morgan fingerprint density at radius 2 is 1.80 bits per heavy atom. The first kappa shape index (κ1) is 17.2. The predicted molar refractivity (Wildman–Crippen MR) is 97.2 cm³/mol. The fourth-order valence-electron chi connectivity index (χ4n) is 2.57. The summed E-state index contributed by atoms with van der Waals surface area (Å²) < 4.78 is 29.6. The number of aromatic nitrogens is 3. The van der Waals surface area contributed by atoms with E-state index in [0.717, 1.165) is 12.0 Å². The van der Waals surface area contributed by atoms with Crippen molar-refractivity contribution in [2.45, 2.75) is 25.2 Å². The van der Waals surface area contributed by atoms with Crippen LogP contribution < -0.4 is 4.72 Å². The quantitative estimate of drug-likeness (QED) is 0.735. The summed E-state index contributed by atoms with van der Waals surface area (Å²) >= 11 is 0. The maximum Gasteiger partial charge on any atom is 0.261 e. The van der Waals surface area contributed by atoms with E-state index in [0.29, 0.717) is 17.3 Å². The summed E-state index contributed by atoms with van der Waals surface area (Å²) in [5, 5.41) is 4.06. The molecule has 1 N–H and O–H groups in total. The zero-order chi connectivity index (χ0) is 17.9. The number of anilines is 1. The van der Waals surface area contributed by atoms with Crippen LogP contribution in [-0.2, 0) is 16.4 Å². The van der Waals surface area contributed by atoms with Gasteiger partial charge in [0.15, 0.2) is 0 Å². The van der Waals surface area contributed by atoms with Gasteiger partial charge < -0.3 is 0 Å². The number of sulfonamides is 1. The summed E-state index contributed by atoms with van der Waals surface area (Å²) in [4.78, 5) is 4.13. The largest absolute Gasteiger partial charge is 0.277 e. The van der Waals surface area contributed by atoms with Gasteiger partial charge in [-0.1, -0.05) is 38.1 Å². The Balaban J connectivity index is 1.88. The van der Waals surface area contributed by atoms with Crippen molar-refractivity contribution >= 4 is 15.7 Å². The first-order chi connectivity index (χ1) is 12.0.